The van der Waals surface area contributed by atoms with Crippen molar-refractivity contribution in [2.45, 2.75) is 103 Å². The maximum atomic E-state index is 13.4. The first-order valence-corrected chi connectivity index (χ1v) is 16.8. The number of amides is 3. The second-order valence-corrected chi connectivity index (χ2v) is 15.0. The topological polar surface area (TPSA) is 139 Å². The monoisotopic (exact) mass is 653 g/mol. The summed E-state index contributed by atoms with van der Waals surface area (Å²) in [4.78, 5) is 37.6. The van der Waals surface area contributed by atoms with Gasteiger partial charge in [0, 0.05) is 16.9 Å². The Hall–Kier alpha value is -4.58. The van der Waals surface area contributed by atoms with Crippen LogP contribution in [0.1, 0.15) is 108 Å². The van der Waals surface area contributed by atoms with Crippen molar-refractivity contribution < 1.29 is 14.3 Å². The highest BCUT2D eigenvalue weighted by molar-refractivity contribution is 5.88. The molecule has 2 aliphatic rings. The quantitative estimate of drug-likeness (QED) is 0.234. The molecule has 1 aliphatic carbocycles. The van der Waals surface area contributed by atoms with Crippen LogP contribution >= 0.6 is 0 Å². The Morgan fingerprint density at radius 3 is 2.42 bits per heavy atom. The standard InChI is InChI=1S/C36H47N9O3/c1-35(2,3)28-19-29(40-30(39-28)20-37-32(46)26-13-10-18-44(26)7)41-34(47)38-25-15-16-27(24-12-9-8-11-23(24)25)48-22-14-17-31-42-43-33(36(4,5)6)45(31)21-22/h8-9,11-12,14,17,19,21,25-27H,10,13,15-16,18,20H2,1-7H3,(H,37,46)(H2,38,39,40,41,47)/t25-,26?,27+/m0/s1. The lowest BCUT2D eigenvalue weighted by atomic mass is 9.85. The Morgan fingerprint density at radius 2 is 1.71 bits per heavy atom. The number of anilines is 1. The molecule has 48 heavy (non-hydrogen) atoms. The molecule has 12 nitrogen and oxygen atoms in total. The number of nitrogens with one attached hydrogen (secondary N) is 3. The molecule has 4 heterocycles. The van der Waals surface area contributed by atoms with Gasteiger partial charge in [-0.25, -0.2) is 14.8 Å². The van der Waals surface area contributed by atoms with Crippen LogP contribution in [-0.4, -0.2) is 61.0 Å². The van der Waals surface area contributed by atoms with Gasteiger partial charge in [0.15, 0.2) is 5.65 Å². The summed E-state index contributed by atoms with van der Waals surface area (Å²) in [5.41, 5.74) is 3.15. The Kier molecular flexibility index (Phi) is 9.12. The van der Waals surface area contributed by atoms with E-state index < -0.39 is 0 Å². The Balaban J connectivity index is 1.15. The predicted molar refractivity (Wildman–Crippen MR) is 184 cm³/mol. The van der Waals surface area contributed by atoms with Crippen LogP contribution in [0.5, 0.6) is 5.75 Å². The molecule has 1 unspecified atom stereocenters. The summed E-state index contributed by atoms with van der Waals surface area (Å²) >= 11 is 0. The molecule has 3 N–H and O–H groups in total. The minimum Gasteiger partial charge on any atom is -0.484 e. The first-order valence-electron chi connectivity index (χ1n) is 16.8. The largest absolute Gasteiger partial charge is 0.484 e. The van der Waals surface area contributed by atoms with Crippen LogP contribution < -0.4 is 20.7 Å². The van der Waals surface area contributed by atoms with Gasteiger partial charge in [0.1, 0.15) is 29.3 Å². The van der Waals surface area contributed by atoms with Gasteiger partial charge in [0.25, 0.3) is 0 Å². The molecule has 3 amide bonds. The molecule has 6 rings (SSSR count). The van der Waals surface area contributed by atoms with E-state index in [1.165, 1.54) is 0 Å². The molecule has 0 bridgehead atoms. The minimum absolute atomic E-state index is 0.0285. The van der Waals surface area contributed by atoms with E-state index in [0.29, 0.717) is 18.1 Å². The van der Waals surface area contributed by atoms with Gasteiger partial charge in [0.05, 0.1) is 30.5 Å². The molecule has 0 radical (unpaired) electrons. The van der Waals surface area contributed by atoms with Crippen molar-refractivity contribution in [2.24, 2.45) is 0 Å². The van der Waals surface area contributed by atoms with E-state index in [4.69, 9.17) is 9.72 Å². The number of carbonyl (C=O) groups excluding carboxylic acids is 2. The van der Waals surface area contributed by atoms with E-state index in [-0.39, 0.29) is 47.5 Å². The zero-order chi connectivity index (χ0) is 34.2. The molecule has 4 aromatic rings. The van der Waals surface area contributed by atoms with E-state index in [9.17, 15) is 9.59 Å². The normalized spacial score (nSPS) is 19.9. The number of benzene rings is 1. The predicted octanol–water partition coefficient (Wildman–Crippen LogP) is 5.60. The summed E-state index contributed by atoms with van der Waals surface area (Å²) in [6.07, 6.45) is 5.04. The Bertz CT molecular complexity index is 1810. The number of fused-ring (bicyclic) bond motifs is 2. The smallest absolute Gasteiger partial charge is 0.320 e. The molecule has 1 saturated heterocycles. The molecule has 3 aromatic heterocycles. The van der Waals surface area contributed by atoms with Crippen molar-refractivity contribution >= 4 is 23.4 Å². The number of urea groups is 1. The van der Waals surface area contributed by atoms with Gasteiger partial charge in [-0.05, 0) is 62.5 Å². The number of hydrogen-bond donors (Lipinski definition) is 3. The summed E-state index contributed by atoms with van der Waals surface area (Å²) in [7, 11) is 1.97. The fourth-order valence-corrected chi connectivity index (χ4v) is 6.50. The summed E-state index contributed by atoms with van der Waals surface area (Å²) in [5.74, 6) is 2.42. The molecule has 1 aromatic carbocycles. The molecule has 254 valence electrons. The molecule has 12 heteroatoms. The lowest BCUT2D eigenvalue weighted by Crippen LogP contribution is -2.41. The van der Waals surface area contributed by atoms with Gasteiger partial charge in [-0.15, -0.1) is 10.2 Å². The number of nitrogens with zero attached hydrogens (tertiary/aromatic N) is 6. The van der Waals surface area contributed by atoms with Gasteiger partial charge in [-0.3, -0.25) is 19.4 Å². The van der Waals surface area contributed by atoms with Crippen LogP contribution in [0.15, 0.2) is 48.7 Å². The molecule has 1 fully saturated rings. The summed E-state index contributed by atoms with van der Waals surface area (Å²) in [6, 6.07) is 13.0. The second-order valence-electron chi connectivity index (χ2n) is 15.0. The van der Waals surface area contributed by atoms with Crippen molar-refractivity contribution in [3.8, 4) is 5.75 Å². The number of aromatic nitrogens is 5. The van der Waals surface area contributed by atoms with Crippen LogP contribution in [0.2, 0.25) is 0 Å². The molecular formula is C36H47N9O3. The van der Waals surface area contributed by atoms with E-state index in [2.05, 4.69) is 83.6 Å². The number of carbonyl (C=O) groups is 2. The summed E-state index contributed by atoms with van der Waals surface area (Å²) < 4.78 is 8.55. The first-order chi connectivity index (χ1) is 22.8. The molecule has 1 aliphatic heterocycles. The van der Waals surface area contributed by atoms with Crippen LogP contribution in [-0.2, 0) is 22.2 Å². The average Bonchev–Trinajstić information content (AvgIpc) is 3.66. The van der Waals surface area contributed by atoms with Gasteiger partial charge >= 0.3 is 6.03 Å². The number of pyridine rings is 1. The average molecular weight is 654 g/mol. The third kappa shape index (κ3) is 7.28. The highest BCUT2D eigenvalue weighted by atomic mass is 16.5. The summed E-state index contributed by atoms with van der Waals surface area (Å²) in [5, 5.41) is 17.8. The van der Waals surface area contributed by atoms with Crippen LogP contribution in [0.25, 0.3) is 5.65 Å². The lowest BCUT2D eigenvalue weighted by molar-refractivity contribution is -0.125. The third-order valence-corrected chi connectivity index (χ3v) is 9.09. The van der Waals surface area contributed by atoms with Gasteiger partial charge in [-0.1, -0.05) is 65.8 Å². The Morgan fingerprint density at radius 1 is 0.938 bits per heavy atom. The van der Waals surface area contributed by atoms with Gasteiger partial charge in [-0.2, -0.15) is 0 Å². The molecule has 3 atom stereocenters. The maximum absolute atomic E-state index is 13.4. The number of likely N-dealkylation sites (N-methyl/N-ethyl adjacent to an activating group) is 1. The fourth-order valence-electron chi connectivity index (χ4n) is 6.50. The maximum Gasteiger partial charge on any atom is 0.320 e. The van der Waals surface area contributed by atoms with Crippen molar-refractivity contribution in [1.29, 1.82) is 0 Å². The molecule has 0 saturated carbocycles. The zero-order valence-corrected chi connectivity index (χ0v) is 29.0. The van der Waals surface area contributed by atoms with Gasteiger partial charge in [0.2, 0.25) is 5.91 Å². The van der Waals surface area contributed by atoms with Crippen LogP contribution in [0.4, 0.5) is 10.6 Å². The lowest BCUT2D eigenvalue weighted by Gasteiger charge is -2.32. The van der Waals surface area contributed by atoms with Crippen molar-refractivity contribution in [1.82, 2.24) is 40.1 Å². The van der Waals surface area contributed by atoms with E-state index in [0.717, 1.165) is 59.8 Å². The van der Waals surface area contributed by atoms with Crippen LogP contribution in [0.3, 0.4) is 0 Å². The fraction of sp³-hybridized carbons (Fsp3) is 0.500. The number of hydrogen-bond acceptors (Lipinski definition) is 8. The van der Waals surface area contributed by atoms with E-state index in [1.54, 1.807) is 6.07 Å². The summed E-state index contributed by atoms with van der Waals surface area (Å²) in [6.45, 7) is 13.6. The van der Waals surface area contributed by atoms with E-state index in [1.807, 2.05) is 48.0 Å². The minimum atomic E-state index is -0.358. The Labute approximate surface area is 282 Å². The zero-order valence-electron chi connectivity index (χ0n) is 29.0. The molecule has 0 spiro atoms. The van der Waals surface area contributed by atoms with Crippen molar-refractivity contribution in [2.75, 3.05) is 18.9 Å². The van der Waals surface area contributed by atoms with Gasteiger partial charge < -0.3 is 15.4 Å². The third-order valence-electron chi connectivity index (χ3n) is 9.09. The number of ether oxygens (including phenoxy) is 1. The number of likely N-dealkylation sites (tertiary alicyclic amines) is 1. The van der Waals surface area contributed by atoms with Crippen molar-refractivity contribution in [3.05, 3.63) is 77.1 Å². The highest BCUT2D eigenvalue weighted by Crippen LogP contribution is 2.39. The van der Waals surface area contributed by atoms with E-state index >= 15 is 0 Å². The SMILES string of the molecule is CN1CCCC1C(=O)NCc1nc(NC(=O)N[C@H]2CC[C@@H](Oc3ccc4nnc(C(C)(C)C)n4c3)c3ccccc32)cc(C(C)(C)C)n1. The second kappa shape index (κ2) is 13.1. The first kappa shape index (κ1) is 33.3. The van der Waals surface area contributed by atoms with Crippen LogP contribution in [0, 0.1) is 0 Å². The molecular weight excluding hydrogens is 606 g/mol. The number of rotatable bonds is 7. The highest BCUT2D eigenvalue weighted by Gasteiger charge is 2.31. The van der Waals surface area contributed by atoms with Crippen molar-refractivity contribution in [3.63, 3.8) is 0 Å².